The molecule has 118 valence electrons. The van der Waals surface area contributed by atoms with Gasteiger partial charge in [0, 0.05) is 17.8 Å². The predicted molar refractivity (Wildman–Crippen MR) is 82.8 cm³/mol. The molecule has 22 heavy (non-hydrogen) atoms. The maximum atomic E-state index is 12.4. The number of hydrogen-bond donors (Lipinski definition) is 1. The summed E-state index contributed by atoms with van der Waals surface area (Å²) in [7, 11) is 1.41. The van der Waals surface area contributed by atoms with E-state index in [0.29, 0.717) is 5.69 Å². The van der Waals surface area contributed by atoms with Crippen molar-refractivity contribution in [3.8, 4) is 11.5 Å². The zero-order chi connectivity index (χ0) is 16.1. The van der Waals surface area contributed by atoms with Gasteiger partial charge in [-0.25, -0.2) is 0 Å². The molecule has 2 aromatic carbocycles. The van der Waals surface area contributed by atoms with E-state index in [9.17, 15) is 8.78 Å². The molecule has 0 fully saturated rings. The van der Waals surface area contributed by atoms with Crippen molar-refractivity contribution in [3.63, 3.8) is 0 Å². The second-order valence-corrected chi connectivity index (χ2v) is 5.02. The van der Waals surface area contributed by atoms with E-state index in [1.54, 1.807) is 12.1 Å². The lowest BCUT2D eigenvalue weighted by molar-refractivity contribution is -0.0511. The van der Waals surface area contributed by atoms with Crippen LogP contribution in [0.2, 0.25) is 0 Å². The van der Waals surface area contributed by atoms with Gasteiger partial charge in [0.25, 0.3) is 0 Å². The fourth-order valence-corrected chi connectivity index (χ4v) is 2.23. The molecule has 0 aliphatic rings. The van der Waals surface area contributed by atoms with Gasteiger partial charge < -0.3 is 14.8 Å². The summed E-state index contributed by atoms with van der Waals surface area (Å²) < 4.78 is 34.4. The van der Waals surface area contributed by atoms with Gasteiger partial charge in [-0.15, -0.1) is 0 Å². The Morgan fingerprint density at radius 1 is 1.05 bits per heavy atom. The molecule has 0 aromatic heterocycles. The summed E-state index contributed by atoms with van der Waals surface area (Å²) >= 11 is 0. The van der Waals surface area contributed by atoms with Crippen molar-refractivity contribution in [2.24, 2.45) is 0 Å². The van der Waals surface area contributed by atoms with Gasteiger partial charge in [0.15, 0.2) is 11.5 Å². The minimum Gasteiger partial charge on any atom is -0.493 e. The van der Waals surface area contributed by atoms with Crippen LogP contribution in [0.5, 0.6) is 11.5 Å². The fourth-order valence-electron chi connectivity index (χ4n) is 2.23. The molecule has 0 heterocycles. The zero-order valence-corrected chi connectivity index (χ0v) is 12.8. The molecule has 0 aliphatic carbocycles. The average Bonchev–Trinajstić information content (AvgIpc) is 2.47. The standard InChI is InChI=1S/C17H19F2NO2/c1-11-5-4-6-13(9-11)12(2)20-14-7-8-15(21-3)16(10-14)22-17(18)19/h4-10,12,17,20H,1-3H3. The molecule has 1 atom stereocenters. The molecule has 5 heteroatoms. The summed E-state index contributed by atoms with van der Waals surface area (Å²) in [5.41, 5.74) is 2.97. The highest BCUT2D eigenvalue weighted by Crippen LogP contribution is 2.32. The van der Waals surface area contributed by atoms with E-state index in [-0.39, 0.29) is 17.5 Å². The van der Waals surface area contributed by atoms with Crippen LogP contribution in [0.3, 0.4) is 0 Å². The summed E-state index contributed by atoms with van der Waals surface area (Å²) in [5.74, 6) is 0.285. The van der Waals surface area contributed by atoms with Crippen molar-refractivity contribution in [1.82, 2.24) is 0 Å². The minimum absolute atomic E-state index is 0.0129. The topological polar surface area (TPSA) is 30.5 Å². The molecule has 0 spiro atoms. The maximum Gasteiger partial charge on any atom is 0.387 e. The molecular weight excluding hydrogens is 288 g/mol. The number of rotatable bonds is 6. The SMILES string of the molecule is COc1ccc(NC(C)c2cccc(C)c2)cc1OC(F)F. The highest BCUT2D eigenvalue weighted by molar-refractivity contribution is 5.55. The molecule has 0 aliphatic heterocycles. The van der Waals surface area contributed by atoms with Crippen LogP contribution in [-0.2, 0) is 0 Å². The zero-order valence-electron chi connectivity index (χ0n) is 12.8. The molecular formula is C17H19F2NO2. The Balaban J connectivity index is 2.18. The summed E-state index contributed by atoms with van der Waals surface area (Å²) in [6, 6.07) is 13.0. The molecule has 0 amide bonds. The Morgan fingerprint density at radius 3 is 2.45 bits per heavy atom. The van der Waals surface area contributed by atoms with Crippen LogP contribution in [-0.4, -0.2) is 13.7 Å². The highest BCUT2D eigenvalue weighted by atomic mass is 19.3. The number of halogens is 2. The van der Waals surface area contributed by atoms with Gasteiger partial charge in [-0.3, -0.25) is 0 Å². The monoisotopic (exact) mass is 307 g/mol. The molecule has 2 rings (SSSR count). The maximum absolute atomic E-state index is 12.4. The van der Waals surface area contributed by atoms with Gasteiger partial charge in [-0.1, -0.05) is 29.8 Å². The first-order valence-corrected chi connectivity index (χ1v) is 6.95. The second-order valence-electron chi connectivity index (χ2n) is 5.02. The van der Waals surface area contributed by atoms with E-state index in [1.165, 1.54) is 18.7 Å². The van der Waals surface area contributed by atoms with Crippen molar-refractivity contribution >= 4 is 5.69 Å². The van der Waals surface area contributed by atoms with Crippen molar-refractivity contribution in [2.75, 3.05) is 12.4 Å². The third-order valence-electron chi connectivity index (χ3n) is 3.30. The van der Waals surface area contributed by atoms with Crippen LogP contribution in [0.4, 0.5) is 14.5 Å². The lowest BCUT2D eigenvalue weighted by atomic mass is 10.1. The fraction of sp³-hybridized carbons (Fsp3) is 0.294. The summed E-state index contributed by atoms with van der Waals surface area (Å²) in [6.07, 6.45) is 0. The van der Waals surface area contributed by atoms with E-state index in [2.05, 4.69) is 16.1 Å². The second kappa shape index (κ2) is 7.11. The van der Waals surface area contributed by atoms with Gasteiger partial charge >= 0.3 is 6.61 Å². The minimum atomic E-state index is -2.89. The first-order chi connectivity index (χ1) is 10.5. The first-order valence-electron chi connectivity index (χ1n) is 6.95. The number of nitrogens with one attached hydrogen (secondary N) is 1. The van der Waals surface area contributed by atoms with Gasteiger partial charge in [0.2, 0.25) is 0 Å². The van der Waals surface area contributed by atoms with Crippen molar-refractivity contribution in [1.29, 1.82) is 0 Å². The van der Waals surface area contributed by atoms with E-state index < -0.39 is 6.61 Å². The van der Waals surface area contributed by atoms with Crippen LogP contribution in [0.15, 0.2) is 42.5 Å². The van der Waals surface area contributed by atoms with Gasteiger partial charge in [-0.2, -0.15) is 8.78 Å². The quantitative estimate of drug-likeness (QED) is 0.833. The number of hydrogen-bond acceptors (Lipinski definition) is 3. The molecule has 0 radical (unpaired) electrons. The van der Waals surface area contributed by atoms with Crippen molar-refractivity contribution in [3.05, 3.63) is 53.6 Å². The summed E-state index contributed by atoms with van der Waals surface area (Å²) in [4.78, 5) is 0. The van der Waals surface area contributed by atoms with Crippen LogP contribution in [0, 0.1) is 6.92 Å². The third-order valence-corrected chi connectivity index (χ3v) is 3.30. The molecule has 2 aromatic rings. The summed E-state index contributed by atoms with van der Waals surface area (Å²) in [6.45, 7) is 1.14. The van der Waals surface area contributed by atoms with Crippen LogP contribution in [0.25, 0.3) is 0 Å². The molecule has 3 nitrogen and oxygen atoms in total. The normalized spacial score (nSPS) is 12.1. The largest absolute Gasteiger partial charge is 0.493 e. The smallest absolute Gasteiger partial charge is 0.387 e. The number of ether oxygens (including phenoxy) is 2. The van der Waals surface area contributed by atoms with E-state index in [0.717, 1.165) is 5.56 Å². The Kier molecular flexibility index (Phi) is 5.20. The Bertz CT molecular complexity index is 632. The average molecular weight is 307 g/mol. The third kappa shape index (κ3) is 4.10. The van der Waals surface area contributed by atoms with Crippen LogP contribution in [0.1, 0.15) is 24.1 Å². The highest BCUT2D eigenvalue weighted by Gasteiger charge is 2.12. The van der Waals surface area contributed by atoms with Gasteiger partial charge in [-0.05, 0) is 31.5 Å². The molecule has 1 N–H and O–H groups in total. The van der Waals surface area contributed by atoms with Crippen molar-refractivity contribution < 1.29 is 18.3 Å². The Labute approximate surface area is 128 Å². The Hall–Kier alpha value is -2.30. The number of anilines is 1. The Morgan fingerprint density at radius 2 is 1.82 bits per heavy atom. The number of benzene rings is 2. The van der Waals surface area contributed by atoms with E-state index >= 15 is 0 Å². The number of aryl methyl sites for hydroxylation is 1. The molecule has 1 unspecified atom stereocenters. The van der Waals surface area contributed by atoms with Gasteiger partial charge in [0.1, 0.15) is 0 Å². The number of methoxy groups -OCH3 is 1. The first kappa shape index (κ1) is 16.1. The van der Waals surface area contributed by atoms with E-state index in [1.807, 2.05) is 32.0 Å². The lowest BCUT2D eigenvalue weighted by Gasteiger charge is -2.18. The molecule has 0 bridgehead atoms. The lowest BCUT2D eigenvalue weighted by Crippen LogP contribution is -2.08. The molecule has 0 saturated heterocycles. The van der Waals surface area contributed by atoms with Crippen LogP contribution < -0.4 is 14.8 Å². The van der Waals surface area contributed by atoms with E-state index in [4.69, 9.17) is 4.74 Å². The molecule has 0 saturated carbocycles. The van der Waals surface area contributed by atoms with Crippen molar-refractivity contribution in [2.45, 2.75) is 26.5 Å². The van der Waals surface area contributed by atoms with Gasteiger partial charge in [0.05, 0.1) is 7.11 Å². The predicted octanol–water partition coefficient (Wildman–Crippen LogP) is 4.78. The number of alkyl halides is 2. The van der Waals surface area contributed by atoms with Crippen LogP contribution >= 0.6 is 0 Å². The summed E-state index contributed by atoms with van der Waals surface area (Å²) in [5, 5.41) is 3.27.